The lowest BCUT2D eigenvalue weighted by Crippen LogP contribution is -2.05. The van der Waals surface area contributed by atoms with Gasteiger partial charge in [-0.25, -0.2) is 4.98 Å². The molecule has 0 amide bonds. The van der Waals surface area contributed by atoms with E-state index in [1.54, 1.807) is 0 Å². The molecule has 3 aromatic rings. The molecule has 0 saturated heterocycles. The van der Waals surface area contributed by atoms with Crippen LogP contribution < -0.4 is 5.32 Å². The Hall–Kier alpha value is -1.81. The third-order valence-electron chi connectivity index (χ3n) is 3.24. The van der Waals surface area contributed by atoms with Crippen LogP contribution in [0.4, 0.5) is 5.69 Å². The number of nitrogens with one attached hydrogen (secondary N) is 2. The highest BCUT2D eigenvalue weighted by Gasteiger charge is 2.03. The second-order valence-corrected chi connectivity index (χ2v) is 5.80. The minimum Gasteiger partial charge on any atom is -0.385 e. The summed E-state index contributed by atoms with van der Waals surface area (Å²) >= 11 is 3.47. The fourth-order valence-electron chi connectivity index (χ4n) is 2.15. The van der Waals surface area contributed by atoms with Crippen molar-refractivity contribution in [2.45, 2.75) is 13.3 Å². The van der Waals surface area contributed by atoms with Crippen molar-refractivity contribution in [3.05, 3.63) is 58.3 Å². The van der Waals surface area contributed by atoms with Gasteiger partial charge in [-0.1, -0.05) is 33.6 Å². The van der Waals surface area contributed by atoms with Gasteiger partial charge < -0.3 is 10.3 Å². The molecule has 0 aliphatic carbocycles. The van der Waals surface area contributed by atoms with Gasteiger partial charge in [-0.15, -0.1) is 0 Å². The van der Waals surface area contributed by atoms with Crippen molar-refractivity contribution < 1.29 is 0 Å². The largest absolute Gasteiger partial charge is 0.385 e. The molecule has 3 nitrogen and oxygen atoms in total. The maximum absolute atomic E-state index is 4.58. The van der Waals surface area contributed by atoms with E-state index in [4.69, 9.17) is 0 Å². The summed E-state index contributed by atoms with van der Waals surface area (Å²) in [4.78, 5) is 7.93. The van der Waals surface area contributed by atoms with E-state index in [-0.39, 0.29) is 0 Å². The van der Waals surface area contributed by atoms with Gasteiger partial charge >= 0.3 is 0 Å². The predicted molar refractivity (Wildman–Crippen MR) is 87.2 cm³/mol. The number of rotatable bonds is 4. The highest BCUT2D eigenvalue weighted by molar-refractivity contribution is 9.10. The summed E-state index contributed by atoms with van der Waals surface area (Å²) in [6.45, 7) is 2.96. The average molecular weight is 330 g/mol. The number of aromatic amines is 1. The minimum atomic E-state index is 0.865. The van der Waals surface area contributed by atoms with Gasteiger partial charge in [0.1, 0.15) is 5.82 Å². The molecule has 3 rings (SSSR count). The smallest absolute Gasteiger partial charge is 0.108 e. The van der Waals surface area contributed by atoms with Crippen LogP contribution in [-0.2, 0) is 6.42 Å². The van der Waals surface area contributed by atoms with Crippen LogP contribution in [0.25, 0.3) is 11.0 Å². The number of aromatic nitrogens is 2. The lowest BCUT2D eigenvalue weighted by Gasteiger charge is -2.05. The van der Waals surface area contributed by atoms with E-state index in [0.29, 0.717) is 0 Å². The summed E-state index contributed by atoms with van der Waals surface area (Å²) in [5, 5.41) is 3.41. The summed E-state index contributed by atoms with van der Waals surface area (Å²) in [7, 11) is 0. The Kier molecular flexibility index (Phi) is 3.74. The zero-order valence-electron chi connectivity index (χ0n) is 11.3. The molecule has 4 heteroatoms. The fourth-order valence-corrected chi connectivity index (χ4v) is 2.51. The van der Waals surface area contributed by atoms with Gasteiger partial charge in [0.05, 0.1) is 11.0 Å². The number of benzene rings is 2. The van der Waals surface area contributed by atoms with Crippen LogP contribution >= 0.6 is 15.9 Å². The molecule has 20 heavy (non-hydrogen) atoms. The molecule has 2 N–H and O–H groups in total. The maximum Gasteiger partial charge on any atom is 0.108 e. The lowest BCUT2D eigenvalue weighted by molar-refractivity contribution is 0.934. The monoisotopic (exact) mass is 329 g/mol. The molecule has 0 atom stereocenters. The van der Waals surface area contributed by atoms with Gasteiger partial charge in [0, 0.05) is 23.1 Å². The van der Waals surface area contributed by atoms with Crippen LogP contribution in [0, 0.1) is 6.92 Å². The molecule has 0 radical (unpaired) electrons. The molecule has 1 aromatic heterocycles. The maximum atomic E-state index is 4.58. The van der Waals surface area contributed by atoms with Crippen LogP contribution in [0.1, 0.15) is 11.4 Å². The van der Waals surface area contributed by atoms with Crippen LogP contribution in [0.3, 0.4) is 0 Å². The normalized spacial score (nSPS) is 10.9. The topological polar surface area (TPSA) is 40.7 Å². The Bertz CT molecular complexity index is 716. The molecule has 0 aliphatic rings. The molecule has 0 unspecified atom stereocenters. The van der Waals surface area contributed by atoms with E-state index >= 15 is 0 Å². The van der Waals surface area contributed by atoms with E-state index < -0.39 is 0 Å². The summed E-state index contributed by atoms with van der Waals surface area (Å²) < 4.78 is 1.07. The van der Waals surface area contributed by atoms with E-state index in [1.807, 2.05) is 12.1 Å². The second kappa shape index (κ2) is 5.67. The first-order chi connectivity index (χ1) is 9.70. The minimum absolute atomic E-state index is 0.865. The Morgan fingerprint density at radius 3 is 2.75 bits per heavy atom. The fraction of sp³-hybridized carbons (Fsp3) is 0.188. The summed E-state index contributed by atoms with van der Waals surface area (Å²) in [6.07, 6.45) is 0.875. The SMILES string of the molecule is Cc1ccc(NCCc2nc3ccc(Br)cc3[nH]2)cc1. The van der Waals surface area contributed by atoms with Crippen molar-refractivity contribution in [2.24, 2.45) is 0 Å². The molecular weight excluding hydrogens is 314 g/mol. The van der Waals surface area contributed by atoms with E-state index in [9.17, 15) is 0 Å². The van der Waals surface area contributed by atoms with E-state index in [0.717, 1.165) is 40.0 Å². The van der Waals surface area contributed by atoms with Crippen LogP contribution in [-0.4, -0.2) is 16.5 Å². The summed E-state index contributed by atoms with van der Waals surface area (Å²) in [5.41, 5.74) is 4.51. The first-order valence-electron chi connectivity index (χ1n) is 6.65. The Labute approximate surface area is 126 Å². The van der Waals surface area contributed by atoms with Crippen molar-refractivity contribution >= 4 is 32.7 Å². The Morgan fingerprint density at radius 1 is 1.15 bits per heavy atom. The van der Waals surface area contributed by atoms with Crippen molar-refractivity contribution in [1.29, 1.82) is 0 Å². The third-order valence-corrected chi connectivity index (χ3v) is 3.73. The van der Waals surface area contributed by atoms with Crippen molar-refractivity contribution in [3.8, 4) is 0 Å². The molecule has 1 heterocycles. The molecule has 0 saturated carbocycles. The predicted octanol–water partition coefficient (Wildman–Crippen LogP) is 4.29. The van der Waals surface area contributed by atoms with Gasteiger partial charge in [0.25, 0.3) is 0 Å². The van der Waals surface area contributed by atoms with Crippen LogP contribution in [0.2, 0.25) is 0 Å². The number of imidazole rings is 1. The van der Waals surface area contributed by atoms with Crippen LogP contribution in [0.15, 0.2) is 46.9 Å². The standard InChI is InChI=1S/C16H16BrN3/c1-11-2-5-13(6-3-11)18-9-8-16-19-14-7-4-12(17)10-15(14)20-16/h2-7,10,18H,8-9H2,1H3,(H,19,20). The van der Waals surface area contributed by atoms with Crippen molar-refractivity contribution in [2.75, 3.05) is 11.9 Å². The number of hydrogen-bond acceptors (Lipinski definition) is 2. The highest BCUT2D eigenvalue weighted by atomic mass is 79.9. The number of hydrogen-bond donors (Lipinski definition) is 2. The van der Waals surface area contributed by atoms with Crippen molar-refractivity contribution in [1.82, 2.24) is 9.97 Å². The number of fused-ring (bicyclic) bond motifs is 1. The number of anilines is 1. The van der Waals surface area contributed by atoms with E-state index in [1.165, 1.54) is 5.56 Å². The average Bonchev–Trinajstić information content (AvgIpc) is 2.83. The summed E-state index contributed by atoms with van der Waals surface area (Å²) in [6, 6.07) is 14.5. The third kappa shape index (κ3) is 3.02. The molecule has 102 valence electrons. The number of H-pyrrole nitrogens is 1. The van der Waals surface area contributed by atoms with E-state index in [2.05, 4.69) is 68.5 Å². The Balaban J connectivity index is 1.63. The molecule has 0 spiro atoms. The molecule has 0 fully saturated rings. The molecule has 0 aliphatic heterocycles. The summed E-state index contributed by atoms with van der Waals surface area (Å²) in [5.74, 6) is 1.01. The highest BCUT2D eigenvalue weighted by Crippen LogP contribution is 2.18. The lowest BCUT2D eigenvalue weighted by atomic mass is 10.2. The zero-order chi connectivity index (χ0) is 13.9. The van der Waals surface area contributed by atoms with Crippen LogP contribution in [0.5, 0.6) is 0 Å². The van der Waals surface area contributed by atoms with Gasteiger partial charge in [0.15, 0.2) is 0 Å². The van der Waals surface area contributed by atoms with Gasteiger partial charge in [0.2, 0.25) is 0 Å². The Morgan fingerprint density at radius 2 is 1.95 bits per heavy atom. The molecule has 2 aromatic carbocycles. The van der Waals surface area contributed by atoms with Gasteiger partial charge in [-0.2, -0.15) is 0 Å². The van der Waals surface area contributed by atoms with Gasteiger partial charge in [-0.3, -0.25) is 0 Å². The second-order valence-electron chi connectivity index (χ2n) is 4.89. The number of aryl methyl sites for hydroxylation is 1. The quantitative estimate of drug-likeness (QED) is 0.749. The van der Waals surface area contributed by atoms with Gasteiger partial charge in [-0.05, 0) is 37.3 Å². The molecular formula is C16H16BrN3. The first kappa shape index (κ1) is 13.2. The first-order valence-corrected chi connectivity index (χ1v) is 7.45. The zero-order valence-corrected chi connectivity index (χ0v) is 12.9. The number of nitrogens with zero attached hydrogens (tertiary/aromatic N) is 1. The molecule has 0 bridgehead atoms. The van der Waals surface area contributed by atoms with Crippen molar-refractivity contribution in [3.63, 3.8) is 0 Å². The number of halogens is 1.